The molecule has 0 unspecified atom stereocenters. The number of fused-ring (bicyclic) bond motifs is 2. The Hall–Kier alpha value is -3.31. The van der Waals surface area contributed by atoms with Crippen molar-refractivity contribution in [2.75, 3.05) is 0 Å². The summed E-state index contributed by atoms with van der Waals surface area (Å²) in [6.45, 7) is 0.140. The van der Waals surface area contributed by atoms with Crippen LogP contribution >= 0.6 is 27.3 Å². The highest BCUT2D eigenvalue weighted by Crippen LogP contribution is 2.31. The first kappa shape index (κ1) is 19.6. The number of H-pyrrole nitrogens is 1. The van der Waals surface area contributed by atoms with Crippen LogP contribution in [0.4, 0.5) is 0 Å². The quantitative estimate of drug-likeness (QED) is 0.410. The van der Waals surface area contributed by atoms with E-state index in [-0.39, 0.29) is 23.3 Å². The average molecular weight is 499 g/mol. The molecule has 0 aliphatic carbocycles. The minimum Gasteiger partial charge on any atom is -0.317 e. The van der Waals surface area contributed by atoms with Gasteiger partial charge in [0.25, 0.3) is 11.1 Å². The van der Waals surface area contributed by atoms with Gasteiger partial charge in [0.05, 0.1) is 18.3 Å². The predicted octanol–water partition coefficient (Wildman–Crippen LogP) is 2.21. The van der Waals surface area contributed by atoms with Crippen molar-refractivity contribution in [2.45, 2.75) is 6.54 Å². The van der Waals surface area contributed by atoms with Gasteiger partial charge in [0, 0.05) is 29.5 Å². The monoisotopic (exact) mass is 498 g/mol. The van der Waals surface area contributed by atoms with Crippen molar-refractivity contribution in [1.82, 2.24) is 28.7 Å². The molecule has 0 fully saturated rings. The Bertz CT molecular complexity index is 1660. The standard InChI is InChI=1S/C20H15BrN6O3S/c1-25-16-15(19(29)26(2)20(25)30)27(9-22-16)7-13-23-17(28)14-12(8-31-18(14)24-13)10-3-5-11(21)6-4-10/h3-6,8-9H,7H2,1-2H3,(H,23,24,28). The molecule has 0 aliphatic heterocycles. The number of nitrogens with zero attached hydrogens (tertiary/aromatic N) is 5. The molecule has 5 aromatic rings. The second-order valence-corrected chi connectivity index (χ2v) is 8.87. The molecule has 0 spiro atoms. The van der Waals surface area contributed by atoms with E-state index in [2.05, 4.69) is 30.9 Å². The zero-order valence-electron chi connectivity index (χ0n) is 16.4. The summed E-state index contributed by atoms with van der Waals surface area (Å²) in [5.74, 6) is 0.400. The van der Waals surface area contributed by atoms with Crippen LogP contribution in [-0.2, 0) is 20.6 Å². The fraction of sp³-hybridized carbons (Fsp3) is 0.150. The maximum absolute atomic E-state index is 12.9. The molecule has 31 heavy (non-hydrogen) atoms. The zero-order valence-corrected chi connectivity index (χ0v) is 18.8. The Morgan fingerprint density at radius 2 is 1.84 bits per heavy atom. The Labute approximate surface area is 186 Å². The topological polar surface area (TPSA) is 108 Å². The van der Waals surface area contributed by atoms with Gasteiger partial charge in [-0.25, -0.2) is 14.8 Å². The van der Waals surface area contributed by atoms with Crippen LogP contribution in [0.1, 0.15) is 5.82 Å². The zero-order chi connectivity index (χ0) is 21.9. The SMILES string of the molecule is Cn1c(=O)c2c(ncn2Cc2nc3scc(-c4ccc(Br)cc4)c3c(=O)[nH]2)n(C)c1=O. The van der Waals surface area contributed by atoms with Gasteiger partial charge in [-0.05, 0) is 17.7 Å². The molecule has 4 heterocycles. The summed E-state index contributed by atoms with van der Waals surface area (Å²) in [5, 5.41) is 2.45. The highest BCUT2D eigenvalue weighted by atomic mass is 79.9. The number of hydrogen-bond acceptors (Lipinski definition) is 6. The molecular weight excluding hydrogens is 484 g/mol. The van der Waals surface area contributed by atoms with Crippen LogP contribution in [-0.4, -0.2) is 28.7 Å². The van der Waals surface area contributed by atoms with Gasteiger partial charge in [-0.2, -0.15) is 0 Å². The van der Waals surface area contributed by atoms with E-state index in [1.165, 1.54) is 29.3 Å². The lowest BCUT2D eigenvalue weighted by molar-refractivity contribution is 0.698. The summed E-state index contributed by atoms with van der Waals surface area (Å²) < 4.78 is 4.89. The molecule has 4 aromatic heterocycles. The van der Waals surface area contributed by atoms with Crippen molar-refractivity contribution in [1.29, 1.82) is 0 Å². The third-order valence-corrected chi connectivity index (χ3v) is 6.59. The van der Waals surface area contributed by atoms with Crippen molar-refractivity contribution in [3.8, 4) is 11.1 Å². The summed E-state index contributed by atoms with van der Waals surface area (Å²) in [4.78, 5) is 49.9. The molecule has 5 rings (SSSR count). The molecule has 9 nitrogen and oxygen atoms in total. The predicted molar refractivity (Wildman–Crippen MR) is 123 cm³/mol. The first-order valence-corrected chi connectivity index (χ1v) is 10.9. The maximum Gasteiger partial charge on any atom is 0.332 e. The van der Waals surface area contributed by atoms with Gasteiger partial charge in [-0.15, -0.1) is 11.3 Å². The van der Waals surface area contributed by atoms with E-state index >= 15 is 0 Å². The van der Waals surface area contributed by atoms with Crippen molar-refractivity contribution in [3.63, 3.8) is 0 Å². The third-order valence-electron chi connectivity index (χ3n) is 5.19. The summed E-state index contributed by atoms with van der Waals surface area (Å²) in [6, 6.07) is 7.73. The highest BCUT2D eigenvalue weighted by molar-refractivity contribution is 9.10. The van der Waals surface area contributed by atoms with Crippen LogP contribution in [0.5, 0.6) is 0 Å². The molecule has 1 N–H and O–H groups in total. The van der Waals surface area contributed by atoms with Gasteiger partial charge in [0.15, 0.2) is 11.2 Å². The van der Waals surface area contributed by atoms with Crippen LogP contribution < -0.4 is 16.8 Å². The number of rotatable bonds is 3. The summed E-state index contributed by atoms with van der Waals surface area (Å²) >= 11 is 4.81. The number of halogens is 1. The molecule has 0 aliphatic rings. The van der Waals surface area contributed by atoms with Crippen LogP contribution in [0.3, 0.4) is 0 Å². The lowest BCUT2D eigenvalue weighted by Crippen LogP contribution is -2.37. The largest absolute Gasteiger partial charge is 0.332 e. The molecule has 0 radical (unpaired) electrons. The van der Waals surface area contributed by atoms with Gasteiger partial charge in [-0.1, -0.05) is 28.1 Å². The van der Waals surface area contributed by atoms with Gasteiger partial charge in [0.1, 0.15) is 10.7 Å². The van der Waals surface area contributed by atoms with Crippen LogP contribution in [0, 0.1) is 0 Å². The van der Waals surface area contributed by atoms with E-state index in [0.29, 0.717) is 16.0 Å². The van der Waals surface area contributed by atoms with Crippen molar-refractivity contribution >= 4 is 48.6 Å². The highest BCUT2D eigenvalue weighted by Gasteiger charge is 2.17. The smallest absolute Gasteiger partial charge is 0.317 e. The Morgan fingerprint density at radius 3 is 2.58 bits per heavy atom. The number of benzene rings is 1. The molecule has 0 bridgehead atoms. The maximum atomic E-state index is 12.9. The Kier molecular flexibility index (Phi) is 4.52. The lowest BCUT2D eigenvalue weighted by Gasteiger charge is -2.07. The van der Waals surface area contributed by atoms with Gasteiger partial charge in [-0.3, -0.25) is 18.7 Å². The number of thiophene rings is 1. The second-order valence-electron chi connectivity index (χ2n) is 7.10. The molecule has 156 valence electrons. The van der Waals surface area contributed by atoms with Crippen LogP contribution in [0.2, 0.25) is 0 Å². The molecule has 0 atom stereocenters. The fourth-order valence-electron chi connectivity index (χ4n) is 3.59. The minimum absolute atomic E-state index is 0.140. The summed E-state index contributed by atoms with van der Waals surface area (Å²) in [5.41, 5.74) is 1.16. The number of aryl methyl sites for hydroxylation is 1. The van der Waals surface area contributed by atoms with E-state index < -0.39 is 11.2 Å². The first-order chi connectivity index (χ1) is 14.8. The average Bonchev–Trinajstić information content (AvgIpc) is 3.36. The van der Waals surface area contributed by atoms with Crippen molar-refractivity contribution < 1.29 is 0 Å². The van der Waals surface area contributed by atoms with E-state index in [1.807, 2.05) is 29.6 Å². The number of nitrogens with one attached hydrogen (secondary N) is 1. The molecular formula is C20H15BrN6O3S. The first-order valence-electron chi connectivity index (χ1n) is 9.22. The lowest BCUT2D eigenvalue weighted by atomic mass is 10.1. The molecule has 0 amide bonds. The van der Waals surface area contributed by atoms with Gasteiger partial charge >= 0.3 is 5.69 Å². The van der Waals surface area contributed by atoms with Crippen LogP contribution in [0.25, 0.3) is 32.5 Å². The molecule has 0 saturated heterocycles. The summed E-state index contributed by atoms with van der Waals surface area (Å²) in [6.07, 6.45) is 1.47. The van der Waals surface area contributed by atoms with Crippen molar-refractivity contribution in [2.24, 2.45) is 14.1 Å². The second kappa shape index (κ2) is 7.13. The molecule has 0 saturated carbocycles. The number of hydrogen-bond donors (Lipinski definition) is 1. The Balaban J connectivity index is 1.62. The number of aromatic nitrogens is 6. The van der Waals surface area contributed by atoms with E-state index in [1.54, 1.807) is 11.6 Å². The van der Waals surface area contributed by atoms with E-state index in [9.17, 15) is 14.4 Å². The van der Waals surface area contributed by atoms with Crippen LogP contribution in [0.15, 0.2) is 54.8 Å². The molecule has 11 heteroatoms. The summed E-state index contributed by atoms with van der Waals surface area (Å²) in [7, 11) is 2.98. The van der Waals surface area contributed by atoms with E-state index in [0.717, 1.165) is 20.2 Å². The Morgan fingerprint density at radius 1 is 1.10 bits per heavy atom. The van der Waals surface area contributed by atoms with Crippen molar-refractivity contribution in [3.05, 3.63) is 77.5 Å². The number of imidazole rings is 1. The number of aromatic amines is 1. The molecule has 1 aromatic carbocycles. The van der Waals surface area contributed by atoms with Gasteiger partial charge in [0.2, 0.25) is 0 Å². The fourth-order valence-corrected chi connectivity index (χ4v) is 4.82. The van der Waals surface area contributed by atoms with Gasteiger partial charge < -0.3 is 9.55 Å². The third kappa shape index (κ3) is 3.08. The van der Waals surface area contributed by atoms with E-state index in [4.69, 9.17) is 0 Å². The normalized spacial score (nSPS) is 11.6. The minimum atomic E-state index is -0.451.